The first-order valence-electron chi connectivity index (χ1n) is 10.4. The van der Waals surface area contributed by atoms with Crippen LogP contribution in [0.15, 0.2) is 64.7 Å². The lowest BCUT2D eigenvalue weighted by Gasteiger charge is -2.12. The molecule has 180 valence electrons. The van der Waals surface area contributed by atoms with E-state index in [-0.39, 0.29) is 24.6 Å². The number of imide groups is 1. The lowest BCUT2D eigenvalue weighted by molar-refractivity contribution is -0.123. The highest BCUT2D eigenvalue weighted by molar-refractivity contribution is 6.13. The fraction of sp³-hybridized carbons (Fsp3) is 0.160. The van der Waals surface area contributed by atoms with Crippen molar-refractivity contribution >= 4 is 24.0 Å². The first-order valence-corrected chi connectivity index (χ1v) is 10.4. The molecule has 1 aromatic heterocycles. The van der Waals surface area contributed by atoms with E-state index in [0.29, 0.717) is 28.4 Å². The summed E-state index contributed by atoms with van der Waals surface area (Å²) in [6.45, 7) is 0.0591. The molecule has 3 aromatic rings. The van der Waals surface area contributed by atoms with Gasteiger partial charge in [-0.05, 0) is 53.6 Å². The first-order chi connectivity index (χ1) is 16.9. The highest BCUT2D eigenvalue weighted by Crippen LogP contribution is 2.30. The van der Waals surface area contributed by atoms with E-state index in [2.05, 4.69) is 10.1 Å². The van der Waals surface area contributed by atoms with Crippen LogP contribution >= 0.6 is 0 Å². The van der Waals surface area contributed by atoms with E-state index in [1.807, 2.05) is 0 Å². The number of furan rings is 1. The quantitative estimate of drug-likeness (QED) is 0.296. The van der Waals surface area contributed by atoms with Crippen LogP contribution in [0.4, 0.5) is 9.18 Å². The molecule has 3 amide bonds. The lowest BCUT2D eigenvalue weighted by Crippen LogP contribution is -2.30. The Hall–Kier alpha value is -4.60. The summed E-state index contributed by atoms with van der Waals surface area (Å²) in [5, 5.41) is 2.55. The molecule has 0 aliphatic carbocycles. The van der Waals surface area contributed by atoms with Gasteiger partial charge < -0.3 is 23.9 Å². The zero-order valence-electron chi connectivity index (χ0n) is 18.9. The van der Waals surface area contributed by atoms with E-state index in [1.165, 1.54) is 50.6 Å². The topological polar surface area (TPSA) is 107 Å². The second-order valence-corrected chi connectivity index (χ2v) is 7.46. The molecule has 35 heavy (non-hydrogen) atoms. The number of rotatable bonds is 8. The summed E-state index contributed by atoms with van der Waals surface area (Å²) < 4.78 is 34.2. The number of halogens is 1. The average Bonchev–Trinajstić information content (AvgIpc) is 3.44. The van der Waals surface area contributed by atoms with Crippen molar-refractivity contribution in [2.45, 2.75) is 13.2 Å². The number of carbonyl (C=O) groups excluding carboxylic acids is 3. The van der Waals surface area contributed by atoms with E-state index in [4.69, 9.17) is 13.9 Å². The van der Waals surface area contributed by atoms with Gasteiger partial charge in [0.05, 0.1) is 20.8 Å². The van der Waals surface area contributed by atoms with Gasteiger partial charge in [0, 0.05) is 0 Å². The smallest absolute Gasteiger partial charge is 0.373 e. The van der Waals surface area contributed by atoms with Crippen LogP contribution in [0.2, 0.25) is 0 Å². The minimum absolute atomic E-state index is 0.0167. The number of hydrogen-bond acceptors (Lipinski definition) is 7. The number of nitrogens with one attached hydrogen (secondary N) is 1. The van der Waals surface area contributed by atoms with Crippen LogP contribution in [0.3, 0.4) is 0 Å². The summed E-state index contributed by atoms with van der Waals surface area (Å²) in [5.41, 5.74) is 1.31. The van der Waals surface area contributed by atoms with Gasteiger partial charge in [-0.3, -0.25) is 9.69 Å². The van der Waals surface area contributed by atoms with Crippen LogP contribution in [0.25, 0.3) is 6.08 Å². The van der Waals surface area contributed by atoms with Crippen LogP contribution in [0.5, 0.6) is 11.5 Å². The van der Waals surface area contributed by atoms with E-state index < -0.39 is 23.7 Å². The summed E-state index contributed by atoms with van der Waals surface area (Å²) in [6.07, 6.45) is 1.52. The highest BCUT2D eigenvalue weighted by atomic mass is 19.1. The van der Waals surface area contributed by atoms with Crippen molar-refractivity contribution in [2.24, 2.45) is 0 Å². The summed E-state index contributed by atoms with van der Waals surface area (Å²) in [7, 11) is 2.73. The molecule has 1 aliphatic heterocycles. The Morgan fingerprint density at radius 1 is 1.06 bits per heavy atom. The summed E-state index contributed by atoms with van der Waals surface area (Å²) >= 11 is 0. The van der Waals surface area contributed by atoms with Gasteiger partial charge in [0.15, 0.2) is 11.5 Å². The van der Waals surface area contributed by atoms with Crippen molar-refractivity contribution in [1.82, 2.24) is 10.2 Å². The standard InChI is InChI=1S/C25H21FN2O7/c1-32-22-12-16(5-9-20(22)34-14-18-8-10-21(35-18)24(30)33-2)11-19-23(29)28(25(31)27-19)13-15-3-6-17(26)7-4-15/h3-12H,13-14H2,1-2H3,(H,27,31)/b19-11+. The van der Waals surface area contributed by atoms with E-state index in [9.17, 15) is 18.8 Å². The Bertz CT molecular complexity index is 1300. The number of esters is 1. The Kier molecular flexibility index (Phi) is 6.81. The summed E-state index contributed by atoms with van der Waals surface area (Å²) in [5.74, 6) is -0.211. The third-order valence-electron chi connectivity index (χ3n) is 5.13. The van der Waals surface area contributed by atoms with Gasteiger partial charge in [-0.15, -0.1) is 0 Å². The SMILES string of the molecule is COC(=O)c1ccc(COc2ccc(/C=C3/NC(=O)N(Cc4ccc(F)cc4)C3=O)cc2OC)o1. The largest absolute Gasteiger partial charge is 0.493 e. The minimum Gasteiger partial charge on any atom is -0.493 e. The van der Waals surface area contributed by atoms with Gasteiger partial charge in [-0.2, -0.15) is 0 Å². The predicted molar refractivity (Wildman–Crippen MR) is 121 cm³/mol. The summed E-state index contributed by atoms with van der Waals surface area (Å²) in [6, 6.07) is 13.1. The van der Waals surface area contributed by atoms with E-state index >= 15 is 0 Å². The molecule has 0 radical (unpaired) electrons. The first kappa shape index (κ1) is 23.6. The molecule has 0 spiro atoms. The number of hydrogen-bond donors (Lipinski definition) is 1. The molecule has 1 aliphatic rings. The van der Waals surface area contributed by atoms with Crippen LogP contribution in [-0.2, 0) is 22.7 Å². The number of amides is 3. The third kappa shape index (κ3) is 5.32. The Morgan fingerprint density at radius 2 is 1.83 bits per heavy atom. The van der Waals surface area contributed by atoms with Crippen LogP contribution in [-0.4, -0.2) is 37.0 Å². The molecule has 10 heteroatoms. The predicted octanol–water partition coefficient (Wildman–Crippen LogP) is 3.89. The molecule has 0 bridgehead atoms. The summed E-state index contributed by atoms with van der Waals surface area (Å²) in [4.78, 5) is 37.6. The number of carbonyl (C=O) groups is 3. The van der Waals surface area contributed by atoms with Crippen LogP contribution < -0.4 is 14.8 Å². The maximum Gasteiger partial charge on any atom is 0.373 e. The number of ether oxygens (including phenoxy) is 3. The minimum atomic E-state index is -0.587. The lowest BCUT2D eigenvalue weighted by atomic mass is 10.1. The number of urea groups is 1. The van der Waals surface area contributed by atoms with Gasteiger partial charge >= 0.3 is 12.0 Å². The van der Waals surface area contributed by atoms with Crippen molar-refractivity contribution in [3.63, 3.8) is 0 Å². The van der Waals surface area contributed by atoms with Gasteiger partial charge in [0.2, 0.25) is 5.76 Å². The molecule has 0 unspecified atom stereocenters. The fourth-order valence-electron chi connectivity index (χ4n) is 3.36. The van der Waals surface area contributed by atoms with Crippen molar-refractivity contribution in [3.8, 4) is 11.5 Å². The molecule has 1 N–H and O–H groups in total. The number of nitrogens with zero attached hydrogens (tertiary/aromatic N) is 1. The zero-order chi connectivity index (χ0) is 24.9. The normalized spacial score (nSPS) is 14.3. The van der Waals surface area contributed by atoms with Gasteiger partial charge in [-0.1, -0.05) is 18.2 Å². The van der Waals surface area contributed by atoms with Crippen LogP contribution in [0, 0.1) is 5.82 Å². The molecule has 1 fully saturated rings. The molecule has 1 saturated heterocycles. The van der Waals surface area contributed by atoms with Crippen molar-refractivity contribution in [2.75, 3.05) is 14.2 Å². The highest BCUT2D eigenvalue weighted by Gasteiger charge is 2.33. The second-order valence-electron chi connectivity index (χ2n) is 7.46. The molecule has 9 nitrogen and oxygen atoms in total. The van der Waals surface area contributed by atoms with E-state index in [1.54, 1.807) is 24.3 Å². The number of benzene rings is 2. The maximum absolute atomic E-state index is 13.1. The monoisotopic (exact) mass is 480 g/mol. The van der Waals surface area contributed by atoms with Crippen molar-refractivity contribution < 1.29 is 37.4 Å². The van der Waals surface area contributed by atoms with Gasteiger partial charge in [0.1, 0.15) is 23.9 Å². The van der Waals surface area contributed by atoms with E-state index in [0.717, 1.165) is 4.90 Å². The Morgan fingerprint density at radius 3 is 2.54 bits per heavy atom. The molecule has 0 saturated carbocycles. The molecular weight excluding hydrogens is 459 g/mol. The van der Waals surface area contributed by atoms with Gasteiger partial charge in [0.25, 0.3) is 5.91 Å². The molecule has 2 aromatic carbocycles. The number of methoxy groups -OCH3 is 2. The second kappa shape index (κ2) is 10.1. The van der Waals surface area contributed by atoms with Gasteiger partial charge in [-0.25, -0.2) is 14.0 Å². The van der Waals surface area contributed by atoms with Crippen molar-refractivity contribution in [1.29, 1.82) is 0 Å². The molecule has 0 atom stereocenters. The Labute approximate surface area is 199 Å². The maximum atomic E-state index is 13.1. The molecular formula is C25H21FN2O7. The van der Waals surface area contributed by atoms with Crippen molar-refractivity contribution in [3.05, 3.63) is 88.8 Å². The molecule has 4 rings (SSSR count). The third-order valence-corrected chi connectivity index (χ3v) is 5.13. The fourth-order valence-corrected chi connectivity index (χ4v) is 3.36. The average molecular weight is 480 g/mol. The molecule has 2 heterocycles. The zero-order valence-corrected chi connectivity index (χ0v) is 18.9. The van der Waals surface area contributed by atoms with Crippen LogP contribution in [0.1, 0.15) is 27.4 Å². The Balaban J connectivity index is 1.45.